The molecule has 1 aliphatic rings. The second kappa shape index (κ2) is 5.46. The monoisotopic (exact) mass is 297 g/mol. The number of nitrogens with one attached hydrogen (secondary N) is 1. The number of hydrogen-bond donors (Lipinski definition) is 2. The zero-order valence-corrected chi connectivity index (χ0v) is 12.9. The summed E-state index contributed by atoms with van der Waals surface area (Å²) >= 11 is 0. The maximum Gasteiger partial charge on any atom is 0.228 e. The van der Waals surface area contributed by atoms with E-state index in [0.717, 1.165) is 39.3 Å². The zero-order valence-electron chi connectivity index (χ0n) is 12.9. The van der Waals surface area contributed by atoms with Crippen LogP contribution in [0.5, 0.6) is 5.75 Å². The highest BCUT2D eigenvalue weighted by molar-refractivity contribution is 6.00. The average molecular weight is 297 g/mol. The van der Waals surface area contributed by atoms with Gasteiger partial charge in [-0.1, -0.05) is 12.1 Å². The molecule has 1 heterocycles. The summed E-state index contributed by atoms with van der Waals surface area (Å²) in [5.41, 5.74) is 5.53. The van der Waals surface area contributed by atoms with Crippen LogP contribution in [0.1, 0.15) is 33.9 Å². The Hall–Kier alpha value is -2.33. The standard InChI is InChI=1S/C18H19NO3/c1-10-11(2)17-13(9-16(20)19-17)8-15(10)18(21)12-4-6-14(22-3)7-5-12/h4-8,18,21H,9H2,1-3H3,(H,19,20). The summed E-state index contributed by atoms with van der Waals surface area (Å²) in [5.74, 6) is 0.765. The number of carbonyl (C=O) groups excluding carboxylic acids is 1. The summed E-state index contributed by atoms with van der Waals surface area (Å²) in [4.78, 5) is 11.6. The smallest absolute Gasteiger partial charge is 0.228 e. The first kappa shape index (κ1) is 14.6. The van der Waals surface area contributed by atoms with E-state index in [1.807, 2.05) is 44.2 Å². The molecule has 1 aliphatic heterocycles. The maximum absolute atomic E-state index is 11.6. The van der Waals surface area contributed by atoms with E-state index < -0.39 is 6.10 Å². The molecule has 0 saturated carbocycles. The van der Waals surface area contributed by atoms with Crippen molar-refractivity contribution in [1.82, 2.24) is 0 Å². The average Bonchev–Trinajstić information content (AvgIpc) is 2.91. The highest BCUT2D eigenvalue weighted by Crippen LogP contribution is 2.36. The summed E-state index contributed by atoms with van der Waals surface area (Å²) in [7, 11) is 1.61. The van der Waals surface area contributed by atoms with Gasteiger partial charge in [-0.3, -0.25) is 4.79 Å². The van der Waals surface area contributed by atoms with Gasteiger partial charge in [-0.15, -0.1) is 0 Å². The number of benzene rings is 2. The van der Waals surface area contributed by atoms with E-state index in [2.05, 4.69) is 5.32 Å². The van der Waals surface area contributed by atoms with Crippen LogP contribution < -0.4 is 10.1 Å². The van der Waals surface area contributed by atoms with Gasteiger partial charge in [-0.2, -0.15) is 0 Å². The topological polar surface area (TPSA) is 58.6 Å². The quantitative estimate of drug-likeness (QED) is 0.916. The predicted octanol–water partition coefficient (Wildman–Crippen LogP) is 2.89. The SMILES string of the molecule is COc1ccc(C(O)c2cc3c(c(C)c2C)NC(=O)C3)cc1. The second-order valence-electron chi connectivity index (χ2n) is 5.65. The lowest BCUT2D eigenvalue weighted by atomic mass is 9.91. The van der Waals surface area contributed by atoms with Gasteiger partial charge in [0.15, 0.2) is 0 Å². The van der Waals surface area contributed by atoms with Gasteiger partial charge in [0.1, 0.15) is 11.9 Å². The number of fused-ring (bicyclic) bond motifs is 1. The number of ether oxygens (including phenoxy) is 1. The molecular weight excluding hydrogens is 278 g/mol. The van der Waals surface area contributed by atoms with Gasteiger partial charge in [-0.25, -0.2) is 0 Å². The number of amides is 1. The van der Waals surface area contributed by atoms with Crippen LogP contribution >= 0.6 is 0 Å². The largest absolute Gasteiger partial charge is 0.497 e. The van der Waals surface area contributed by atoms with Crippen LogP contribution in [0.15, 0.2) is 30.3 Å². The highest BCUT2D eigenvalue weighted by Gasteiger charge is 2.24. The van der Waals surface area contributed by atoms with Crippen molar-refractivity contribution in [3.8, 4) is 5.75 Å². The molecule has 4 nitrogen and oxygen atoms in total. The zero-order chi connectivity index (χ0) is 15.9. The number of carbonyl (C=O) groups is 1. The molecule has 0 aromatic heterocycles. The lowest BCUT2D eigenvalue weighted by Gasteiger charge is -2.18. The molecule has 0 aliphatic carbocycles. The van der Waals surface area contributed by atoms with Gasteiger partial charge in [0.05, 0.1) is 13.5 Å². The number of anilines is 1. The first-order valence-electron chi connectivity index (χ1n) is 7.26. The van der Waals surface area contributed by atoms with Crippen molar-refractivity contribution < 1.29 is 14.6 Å². The predicted molar refractivity (Wildman–Crippen MR) is 85.3 cm³/mol. The van der Waals surface area contributed by atoms with Gasteiger partial charge in [-0.05, 0) is 59.9 Å². The van der Waals surface area contributed by atoms with Crippen molar-refractivity contribution >= 4 is 11.6 Å². The number of methoxy groups -OCH3 is 1. The molecule has 2 aromatic rings. The number of hydrogen-bond acceptors (Lipinski definition) is 3. The molecule has 0 radical (unpaired) electrons. The molecule has 0 saturated heterocycles. The van der Waals surface area contributed by atoms with Gasteiger partial charge in [0, 0.05) is 5.69 Å². The lowest BCUT2D eigenvalue weighted by molar-refractivity contribution is -0.115. The van der Waals surface area contributed by atoms with Crippen molar-refractivity contribution in [2.75, 3.05) is 12.4 Å². The van der Waals surface area contributed by atoms with Crippen molar-refractivity contribution in [1.29, 1.82) is 0 Å². The van der Waals surface area contributed by atoms with Crippen molar-refractivity contribution in [3.63, 3.8) is 0 Å². The van der Waals surface area contributed by atoms with Gasteiger partial charge in [0.2, 0.25) is 5.91 Å². The van der Waals surface area contributed by atoms with Crippen LogP contribution in [0.2, 0.25) is 0 Å². The second-order valence-corrected chi connectivity index (χ2v) is 5.65. The molecule has 114 valence electrons. The van der Waals surface area contributed by atoms with E-state index in [0.29, 0.717) is 6.42 Å². The van der Waals surface area contributed by atoms with E-state index in [1.165, 1.54) is 0 Å². The van der Waals surface area contributed by atoms with Crippen LogP contribution in [0.25, 0.3) is 0 Å². The molecule has 1 atom stereocenters. The third-order valence-corrected chi connectivity index (χ3v) is 4.36. The minimum Gasteiger partial charge on any atom is -0.497 e. The van der Waals surface area contributed by atoms with Crippen LogP contribution in [0.3, 0.4) is 0 Å². The van der Waals surface area contributed by atoms with Crippen LogP contribution in [0.4, 0.5) is 5.69 Å². The third kappa shape index (κ3) is 2.35. The molecule has 0 bridgehead atoms. The fourth-order valence-electron chi connectivity index (χ4n) is 2.93. The third-order valence-electron chi connectivity index (χ3n) is 4.36. The molecule has 2 aromatic carbocycles. The molecular formula is C18H19NO3. The normalized spacial score (nSPS) is 14.5. The van der Waals surface area contributed by atoms with E-state index in [-0.39, 0.29) is 5.91 Å². The van der Waals surface area contributed by atoms with Crippen LogP contribution in [0, 0.1) is 13.8 Å². The van der Waals surface area contributed by atoms with E-state index in [1.54, 1.807) is 7.11 Å². The molecule has 3 rings (SSSR count). The van der Waals surface area contributed by atoms with Crippen molar-refractivity contribution in [3.05, 3.63) is 58.1 Å². The van der Waals surface area contributed by atoms with E-state index in [9.17, 15) is 9.90 Å². The first-order valence-corrected chi connectivity index (χ1v) is 7.26. The van der Waals surface area contributed by atoms with Crippen molar-refractivity contribution in [2.24, 2.45) is 0 Å². The fourth-order valence-corrected chi connectivity index (χ4v) is 2.93. The Balaban J connectivity index is 2.02. The Morgan fingerprint density at radius 1 is 1.18 bits per heavy atom. The van der Waals surface area contributed by atoms with Crippen LogP contribution in [-0.4, -0.2) is 18.1 Å². The Kier molecular flexibility index (Phi) is 3.62. The number of aliphatic hydroxyl groups excluding tert-OH is 1. The summed E-state index contributed by atoms with van der Waals surface area (Å²) in [5, 5.41) is 13.6. The molecule has 1 amide bonds. The number of aliphatic hydroxyl groups is 1. The molecule has 4 heteroatoms. The van der Waals surface area contributed by atoms with Gasteiger partial charge in [0.25, 0.3) is 0 Å². The van der Waals surface area contributed by atoms with Crippen molar-refractivity contribution in [2.45, 2.75) is 26.4 Å². The Bertz CT molecular complexity index is 735. The molecule has 2 N–H and O–H groups in total. The summed E-state index contributed by atoms with van der Waals surface area (Å²) in [6.45, 7) is 3.95. The van der Waals surface area contributed by atoms with E-state index >= 15 is 0 Å². The van der Waals surface area contributed by atoms with Crippen LogP contribution in [-0.2, 0) is 11.2 Å². The molecule has 22 heavy (non-hydrogen) atoms. The summed E-state index contributed by atoms with van der Waals surface area (Å²) in [6, 6.07) is 9.31. The Morgan fingerprint density at radius 2 is 1.86 bits per heavy atom. The molecule has 0 fully saturated rings. The molecule has 0 spiro atoms. The first-order chi connectivity index (χ1) is 10.5. The highest BCUT2D eigenvalue weighted by atomic mass is 16.5. The van der Waals surface area contributed by atoms with Gasteiger partial charge >= 0.3 is 0 Å². The Labute approximate surface area is 129 Å². The fraction of sp³-hybridized carbons (Fsp3) is 0.278. The summed E-state index contributed by atoms with van der Waals surface area (Å²) < 4.78 is 5.14. The minimum atomic E-state index is -0.717. The lowest BCUT2D eigenvalue weighted by Crippen LogP contribution is -2.06. The maximum atomic E-state index is 11.6. The minimum absolute atomic E-state index is 0.00795. The Morgan fingerprint density at radius 3 is 2.50 bits per heavy atom. The summed E-state index contributed by atoms with van der Waals surface area (Å²) in [6.07, 6.45) is -0.343. The van der Waals surface area contributed by atoms with Gasteiger partial charge < -0.3 is 15.2 Å². The number of rotatable bonds is 3. The van der Waals surface area contributed by atoms with E-state index in [4.69, 9.17) is 4.74 Å². The molecule has 1 unspecified atom stereocenters.